The van der Waals surface area contributed by atoms with Crippen molar-refractivity contribution in [2.24, 2.45) is 5.73 Å². The Morgan fingerprint density at radius 2 is 2.00 bits per heavy atom. The highest BCUT2D eigenvalue weighted by Crippen LogP contribution is 2.20. The zero-order valence-corrected chi connectivity index (χ0v) is 11.8. The molecule has 1 aromatic carbocycles. The first-order valence-electron chi connectivity index (χ1n) is 6.73. The smallest absolute Gasteiger partial charge is 0.218 e. The number of anilines is 1. The molecule has 2 aromatic rings. The highest BCUT2D eigenvalue weighted by Gasteiger charge is 2.07. The molecule has 1 unspecified atom stereocenters. The molecule has 0 bridgehead atoms. The summed E-state index contributed by atoms with van der Waals surface area (Å²) in [6.07, 6.45) is 1.50. The van der Waals surface area contributed by atoms with Crippen molar-refractivity contribution >= 4 is 5.82 Å². The van der Waals surface area contributed by atoms with E-state index >= 15 is 0 Å². The fourth-order valence-electron chi connectivity index (χ4n) is 1.89. The van der Waals surface area contributed by atoms with E-state index in [0.29, 0.717) is 19.0 Å². The first-order valence-corrected chi connectivity index (χ1v) is 6.73. The van der Waals surface area contributed by atoms with E-state index in [0.717, 1.165) is 11.4 Å². The van der Waals surface area contributed by atoms with Gasteiger partial charge in [-0.1, -0.05) is 24.3 Å². The molecular formula is C15H20N4O. The number of benzene rings is 1. The number of nitrogens with one attached hydrogen (secondary N) is 1. The van der Waals surface area contributed by atoms with Crippen molar-refractivity contribution < 1.29 is 4.74 Å². The summed E-state index contributed by atoms with van der Waals surface area (Å²) in [7, 11) is 0. The molecule has 0 radical (unpaired) electrons. The zero-order chi connectivity index (χ0) is 14.4. The molecule has 0 aliphatic heterocycles. The van der Waals surface area contributed by atoms with Crippen LogP contribution in [0.2, 0.25) is 0 Å². The second kappa shape index (κ2) is 6.86. The molecule has 0 saturated heterocycles. The summed E-state index contributed by atoms with van der Waals surface area (Å²) in [4.78, 5) is 8.24. The first-order chi connectivity index (χ1) is 9.72. The number of ether oxygens (including phenoxy) is 1. The lowest BCUT2D eigenvalue weighted by atomic mass is 10.1. The van der Waals surface area contributed by atoms with Crippen LogP contribution in [0.3, 0.4) is 0 Å². The maximum atomic E-state index is 5.60. The fourth-order valence-corrected chi connectivity index (χ4v) is 1.89. The molecule has 0 saturated carbocycles. The molecular weight excluding hydrogens is 252 g/mol. The predicted molar refractivity (Wildman–Crippen MR) is 79.6 cm³/mol. The van der Waals surface area contributed by atoms with Crippen molar-refractivity contribution in [2.45, 2.75) is 26.4 Å². The van der Waals surface area contributed by atoms with Crippen LogP contribution in [0.4, 0.5) is 5.82 Å². The van der Waals surface area contributed by atoms with Crippen LogP contribution in [-0.4, -0.2) is 16.6 Å². The lowest BCUT2D eigenvalue weighted by Crippen LogP contribution is -2.09. The van der Waals surface area contributed by atoms with Gasteiger partial charge in [-0.15, -0.1) is 0 Å². The molecule has 0 aliphatic rings. The van der Waals surface area contributed by atoms with E-state index in [2.05, 4.69) is 34.3 Å². The monoisotopic (exact) mass is 272 g/mol. The fraction of sp³-hybridized carbons (Fsp3) is 0.333. The highest BCUT2D eigenvalue weighted by molar-refractivity contribution is 5.40. The molecule has 1 atom stereocenters. The molecule has 2 rings (SSSR count). The van der Waals surface area contributed by atoms with Crippen molar-refractivity contribution in [3.8, 4) is 5.88 Å². The first kappa shape index (κ1) is 14.3. The Hall–Kier alpha value is -2.14. The van der Waals surface area contributed by atoms with Gasteiger partial charge in [-0.3, -0.25) is 0 Å². The van der Waals surface area contributed by atoms with Gasteiger partial charge in [0.1, 0.15) is 12.1 Å². The van der Waals surface area contributed by atoms with Crippen LogP contribution >= 0.6 is 0 Å². The third-order valence-electron chi connectivity index (χ3n) is 3.01. The van der Waals surface area contributed by atoms with E-state index in [9.17, 15) is 0 Å². The maximum absolute atomic E-state index is 5.60. The van der Waals surface area contributed by atoms with Gasteiger partial charge in [-0.2, -0.15) is 0 Å². The van der Waals surface area contributed by atoms with Crippen LogP contribution in [0.5, 0.6) is 5.88 Å². The number of rotatable bonds is 6. The Morgan fingerprint density at radius 3 is 2.65 bits per heavy atom. The Balaban J connectivity index is 2.06. The van der Waals surface area contributed by atoms with Crippen LogP contribution in [-0.2, 0) is 6.54 Å². The summed E-state index contributed by atoms with van der Waals surface area (Å²) in [6, 6.07) is 10.2. The lowest BCUT2D eigenvalue weighted by Gasteiger charge is -2.15. The Morgan fingerprint density at radius 1 is 1.25 bits per heavy atom. The van der Waals surface area contributed by atoms with Gasteiger partial charge >= 0.3 is 0 Å². The second-order valence-electron chi connectivity index (χ2n) is 4.49. The largest absolute Gasteiger partial charge is 0.478 e. The Labute approximate surface area is 119 Å². The average molecular weight is 272 g/mol. The number of nitrogens with two attached hydrogens (primary N) is 1. The third-order valence-corrected chi connectivity index (χ3v) is 3.01. The number of hydrogen-bond acceptors (Lipinski definition) is 5. The van der Waals surface area contributed by atoms with E-state index in [4.69, 9.17) is 10.5 Å². The van der Waals surface area contributed by atoms with Crippen LogP contribution in [0.1, 0.15) is 31.0 Å². The number of hydrogen-bond donors (Lipinski definition) is 2. The van der Waals surface area contributed by atoms with Gasteiger partial charge in [0.15, 0.2) is 0 Å². The summed E-state index contributed by atoms with van der Waals surface area (Å²) in [5, 5.41) is 3.33. The summed E-state index contributed by atoms with van der Waals surface area (Å²) in [5.41, 5.74) is 7.90. The van der Waals surface area contributed by atoms with Crippen molar-refractivity contribution in [2.75, 3.05) is 11.9 Å². The van der Waals surface area contributed by atoms with E-state index < -0.39 is 0 Å². The molecule has 0 amide bonds. The molecule has 5 nitrogen and oxygen atoms in total. The minimum absolute atomic E-state index is 0.145. The standard InChI is InChI=1S/C15H20N4O/c1-3-20-15-8-14(17-10-18-15)19-11(2)13-6-4-12(9-16)5-7-13/h4-8,10-11H,3,9,16H2,1-2H3,(H,17,18,19). The van der Waals surface area contributed by atoms with Crippen LogP contribution < -0.4 is 15.8 Å². The number of nitrogens with zero attached hydrogens (tertiary/aromatic N) is 2. The predicted octanol–water partition coefficient (Wildman–Crippen LogP) is 2.51. The summed E-state index contributed by atoms with van der Waals surface area (Å²) in [6.45, 7) is 5.16. The van der Waals surface area contributed by atoms with Crippen LogP contribution in [0, 0.1) is 0 Å². The molecule has 0 aliphatic carbocycles. The minimum atomic E-state index is 0.145. The summed E-state index contributed by atoms with van der Waals surface area (Å²) < 4.78 is 5.36. The van der Waals surface area contributed by atoms with Gasteiger partial charge in [0.2, 0.25) is 5.88 Å². The molecule has 5 heteroatoms. The topological polar surface area (TPSA) is 73.1 Å². The highest BCUT2D eigenvalue weighted by atomic mass is 16.5. The number of aromatic nitrogens is 2. The van der Waals surface area contributed by atoms with Crippen LogP contribution in [0.25, 0.3) is 0 Å². The molecule has 0 fully saturated rings. The minimum Gasteiger partial charge on any atom is -0.478 e. The summed E-state index contributed by atoms with van der Waals surface area (Å²) >= 11 is 0. The van der Waals surface area contributed by atoms with Crippen molar-refractivity contribution in [1.82, 2.24) is 9.97 Å². The van der Waals surface area contributed by atoms with Gasteiger partial charge < -0.3 is 15.8 Å². The SMILES string of the molecule is CCOc1cc(NC(C)c2ccc(CN)cc2)ncn1. The maximum Gasteiger partial charge on any atom is 0.218 e. The average Bonchev–Trinajstić information content (AvgIpc) is 2.48. The Bertz CT molecular complexity index is 542. The van der Waals surface area contributed by atoms with Crippen LogP contribution in [0.15, 0.2) is 36.7 Å². The van der Waals surface area contributed by atoms with E-state index in [-0.39, 0.29) is 6.04 Å². The molecule has 1 aromatic heterocycles. The van der Waals surface area contributed by atoms with Gasteiger partial charge in [0.05, 0.1) is 6.61 Å². The van der Waals surface area contributed by atoms with Crippen molar-refractivity contribution in [3.63, 3.8) is 0 Å². The van der Waals surface area contributed by atoms with Gasteiger partial charge in [0.25, 0.3) is 0 Å². The van der Waals surface area contributed by atoms with E-state index in [1.807, 2.05) is 19.1 Å². The van der Waals surface area contributed by atoms with Gasteiger partial charge in [-0.25, -0.2) is 9.97 Å². The van der Waals surface area contributed by atoms with E-state index in [1.165, 1.54) is 11.9 Å². The molecule has 20 heavy (non-hydrogen) atoms. The second-order valence-corrected chi connectivity index (χ2v) is 4.49. The van der Waals surface area contributed by atoms with Crippen molar-refractivity contribution in [3.05, 3.63) is 47.8 Å². The lowest BCUT2D eigenvalue weighted by molar-refractivity contribution is 0.326. The normalized spacial score (nSPS) is 11.9. The van der Waals surface area contributed by atoms with Gasteiger partial charge in [0, 0.05) is 18.7 Å². The van der Waals surface area contributed by atoms with Crippen molar-refractivity contribution in [1.29, 1.82) is 0 Å². The molecule has 1 heterocycles. The molecule has 106 valence electrons. The quantitative estimate of drug-likeness (QED) is 0.845. The van der Waals surface area contributed by atoms with Gasteiger partial charge in [-0.05, 0) is 25.0 Å². The summed E-state index contributed by atoms with van der Waals surface area (Å²) in [5.74, 6) is 1.33. The molecule has 0 spiro atoms. The van der Waals surface area contributed by atoms with E-state index in [1.54, 1.807) is 6.07 Å². The zero-order valence-electron chi connectivity index (χ0n) is 11.8. The third kappa shape index (κ3) is 3.68. The Kier molecular flexibility index (Phi) is 4.90. The molecule has 3 N–H and O–H groups in total.